The lowest BCUT2D eigenvalue weighted by Gasteiger charge is -2.00. The molecule has 0 unspecified atom stereocenters. The number of nitrogens with zero attached hydrogens (tertiary/aromatic N) is 3. The predicted octanol–water partition coefficient (Wildman–Crippen LogP) is 0.258. The lowest BCUT2D eigenvalue weighted by Crippen LogP contribution is -2.21. The molecule has 0 aromatic carbocycles. The van der Waals surface area contributed by atoms with E-state index in [2.05, 4.69) is 10.4 Å². The van der Waals surface area contributed by atoms with Crippen LogP contribution in [0.2, 0.25) is 0 Å². The van der Waals surface area contributed by atoms with E-state index < -0.39 is 0 Å². The summed E-state index contributed by atoms with van der Waals surface area (Å²) in [5.41, 5.74) is 1.86. The molecule has 0 bridgehead atoms. The van der Waals surface area contributed by atoms with Crippen LogP contribution in [0.25, 0.3) is 0 Å². The number of aromatic nitrogens is 2. The maximum Gasteiger partial charge on any atom is 0.234 e. The van der Waals surface area contributed by atoms with Crippen LogP contribution in [-0.4, -0.2) is 15.7 Å². The molecule has 0 fully saturated rings. The second-order valence-corrected chi connectivity index (χ2v) is 3.03. The minimum absolute atomic E-state index is 0.0979. The number of carbonyl (C=O) groups excluding carboxylic acids is 1. The molecule has 0 aliphatic heterocycles. The van der Waals surface area contributed by atoms with Crippen molar-refractivity contribution < 1.29 is 4.79 Å². The molecule has 1 aromatic rings. The maximum atomic E-state index is 11.0. The molecular formula is C9H12N4O. The monoisotopic (exact) mass is 192 g/mol. The van der Waals surface area contributed by atoms with Gasteiger partial charge in [0.15, 0.2) is 0 Å². The second-order valence-electron chi connectivity index (χ2n) is 3.03. The van der Waals surface area contributed by atoms with Crippen LogP contribution < -0.4 is 5.32 Å². The molecule has 1 rings (SSSR count). The Bertz CT molecular complexity index is 375. The third-order valence-electron chi connectivity index (χ3n) is 1.83. The van der Waals surface area contributed by atoms with Gasteiger partial charge in [0.2, 0.25) is 5.91 Å². The van der Waals surface area contributed by atoms with E-state index in [1.807, 2.05) is 20.2 Å². The minimum Gasteiger partial charge on any atom is -0.351 e. The van der Waals surface area contributed by atoms with E-state index in [-0.39, 0.29) is 12.3 Å². The van der Waals surface area contributed by atoms with E-state index in [4.69, 9.17) is 5.26 Å². The summed E-state index contributed by atoms with van der Waals surface area (Å²) < 4.78 is 1.70. The molecule has 0 aliphatic rings. The van der Waals surface area contributed by atoms with E-state index in [1.165, 1.54) is 0 Å². The summed E-state index contributed by atoms with van der Waals surface area (Å²) in [4.78, 5) is 11.0. The highest BCUT2D eigenvalue weighted by Crippen LogP contribution is 2.03. The maximum absolute atomic E-state index is 11.0. The van der Waals surface area contributed by atoms with E-state index in [1.54, 1.807) is 10.8 Å². The van der Waals surface area contributed by atoms with Crippen molar-refractivity contribution in [3.05, 3.63) is 17.5 Å². The van der Waals surface area contributed by atoms with Crippen LogP contribution >= 0.6 is 0 Å². The Morgan fingerprint density at radius 3 is 3.00 bits per heavy atom. The Morgan fingerprint density at radius 1 is 1.79 bits per heavy atom. The SMILES string of the molecule is Cc1nn(C)cc1CNC(=O)CC#N. The van der Waals surface area contributed by atoms with Gasteiger partial charge in [0, 0.05) is 25.4 Å². The largest absolute Gasteiger partial charge is 0.351 e. The van der Waals surface area contributed by atoms with Crippen LogP contribution in [0, 0.1) is 18.3 Å². The zero-order valence-corrected chi connectivity index (χ0v) is 8.24. The van der Waals surface area contributed by atoms with Crippen LogP contribution in [0.4, 0.5) is 0 Å². The van der Waals surface area contributed by atoms with Crippen molar-refractivity contribution in [2.75, 3.05) is 0 Å². The fourth-order valence-electron chi connectivity index (χ4n) is 1.15. The molecule has 0 radical (unpaired) electrons. The number of hydrogen-bond acceptors (Lipinski definition) is 3. The lowest BCUT2D eigenvalue weighted by molar-refractivity contribution is -0.120. The van der Waals surface area contributed by atoms with E-state index in [0.717, 1.165) is 11.3 Å². The number of rotatable bonds is 3. The first-order chi connectivity index (χ1) is 6.63. The highest BCUT2D eigenvalue weighted by atomic mass is 16.1. The standard InChI is InChI=1S/C9H12N4O/c1-7-8(6-13(2)12-7)5-11-9(14)3-4-10/h6H,3,5H2,1-2H3,(H,11,14). The molecule has 1 heterocycles. The number of hydrogen-bond donors (Lipinski definition) is 1. The fraction of sp³-hybridized carbons (Fsp3) is 0.444. The molecule has 1 aromatic heterocycles. The Labute approximate surface area is 82.3 Å². The van der Waals surface area contributed by atoms with Crippen LogP contribution in [0.3, 0.4) is 0 Å². The van der Waals surface area contributed by atoms with Crippen molar-refractivity contribution in [3.63, 3.8) is 0 Å². The van der Waals surface area contributed by atoms with Gasteiger partial charge in [0.05, 0.1) is 11.8 Å². The zero-order chi connectivity index (χ0) is 10.6. The Hall–Kier alpha value is -1.83. The van der Waals surface area contributed by atoms with Gasteiger partial charge in [-0.15, -0.1) is 0 Å². The minimum atomic E-state index is -0.254. The highest BCUT2D eigenvalue weighted by Gasteiger charge is 2.04. The third-order valence-corrected chi connectivity index (χ3v) is 1.83. The quantitative estimate of drug-likeness (QED) is 0.746. The average molecular weight is 192 g/mol. The van der Waals surface area contributed by atoms with Crippen molar-refractivity contribution in [2.45, 2.75) is 19.9 Å². The summed E-state index contributed by atoms with van der Waals surface area (Å²) in [6.45, 7) is 2.31. The van der Waals surface area contributed by atoms with Crippen molar-refractivity contribution in [1.29, 1.82) is 5.26 Å². The van der Waals surface area contributed by atoms with Gasteiger partial charge in [0.25, 0.3) is 0 Å². The summed E-state index contributed by atoms with van der Waals surface area (Å²) in [5.74, 6) is -0.254. The second kappa shape index (κ2) is 4.42. The zero-order valence-electron chi connectivity index (χ0n) is 8.24. The molecule has 0 atom stereocenters. The van der Waals surface area contributed by atoms with Crippen molar-refractivity contribution in [3.8, 4) is 6.07 Å². The van der Waals surface area contributed by atoms with Gasteiger partial charge in [-0.05, 0) is 6.92 Å². The van der Waals surface area contributed by atoms with Gasteiger partial charge >= 0.3 is 0 Å². The molecule has 14 heavy (non-hydrogen) atoms. The number of amides is 1. The van der Waals surface area contributed by atoms with Crippen molar-refractivity contribution in [1.82, 2.24) is 15.1 Å². The number of carbonyl (C=O) groups is 1. The summed E-state index contributed by atoms with van der Waals surface area (Å²) >= 11 is 0. The predicted molar refractivity (Wildman–Crippen MR) is 50.0 cm³/mol. The molecule has 0 saturated carbocycles. The Kier molecular flexibility index (Phi) is 3.24. The topological polar surface area (TPSA) is 70.7 Å². The van der Waals surface area contributed by atoms with Crippen LogP contribution in [0.1, 0.15) is 17.7 Å². The van der Waals surface area contributed by atoms with E-state index in [0.29, 0.717) is 6.54 Å². The fourth-order valence-corrected chi connectivity index (χ4v) is 1.15. The van der Waals surface area contributed by atoms with Crippen molar-refractivity contribution >= 4 is 5.91 Å². The first-order valence-corrected chi connectivity index (χ1v) is 4.26. The molecule has 0 saturated heterocycles. The van der Waals surface area contributed by atoms with Crippen molar-refractivity contribution in [2.24, 2.45) is 7.05 Å². The van der Waals surface area contributed by atoms with Gasteiger partial charge in [-0.2, -0.15) is 10.4 Å². The average Bonchev–Trinajstić information content (AvgIpc) is 2.42. The number of aryl methyl sites for hydroxylation is 2. The van der Waals surface area contributed by atoms with Gasteiger partial charge in [0.1, 0.15) is 6.42 Å². The molecule has 5 nitrogen and oxygen atoms in total. The van der Waals surface area contributed by atoms with Gasteiger partial charge in [-0.1, -0.05) is 0 Å². The first-order valence-electron chi connectivity index (χ1n) is 4.26. The Balaban J connectivity index is 2.50. The summed E-state index contributed by atoms with van der Waals surface area (Å²) in [6.07, 6.45) is 1.75. The third kappa shape index (κ3) is 2.59. The first kappa shape index (κ1) is 10.3. The summed E-state index contributed by atoms with van der Waals surface area (Å²) in [7, 11) is 1.83. The summed E-state index contributed by atoms with van der Waals surface area (Å²) in [6, 6.07) is 1.79. The van der Waals surface area contributed by atoms with Gasteiger partial charge in [-0.25, -0.2) is 0 Å². The van der Waals surface area contributed by atoms with E-state index >= 15 is 0 Å². The molecule has 1 amide bonds. The van der Waals surface area contributed by atoms with Gasteiger partial charge < -0.3 is 5.32 Å². The summed E-state index contributed by atoms with van der Waals surface area (Å²) in [5, 5.41) is 15.0. The molecule has 0 aliphatic carbocycles. The van der Waals surface area contributed by atoms with E-state index in [9.17, 15) is 4.79 Å². The molecular weight excluding hydrogens is 180 g/mol. The smallest absolute Gasteiger partial charge is 0.234 e. The normalized spacial score (nSPS) is 9.50. The van der Waals surface area contributed by atoms with Crippen LogP contribution in [0.15, 0.2) is 6.20 Å². The van der Waals surface area contributed by atoms with Gasteiger partial charge in [-0.3, -0.25) is 9.48 Å². The van der Waals surface area contributed by atoms with Crippen LogP contribution in [-0.2, 0) is 18.4 Å². The molecule has 5 heteroatoms. The number of nitriles is 1. The highest BCUT2D eigenvalue weighted by molar-refractivity contribution is 5.77. The lowest BCUT2D eigenvalue weighted by atomic mass is 10.2. The Morgan fingerprint density at radius 2 is 2.50 bits per heavy atom. The molecule has 74 valence electrons. The number of nitrogens with one attached hydrogen (secondary N) is 1. The van der Waals surface area contributed by atoms with Crippen LogP contribution in [0.5, 0.6) is 0 Å². The molecule has 0 spiro atoms. The molecule has 1 N–H and O–H groups in total.